The molecule has 1 aliphatic heterocycles. The minimum atomic E-state index is -0.262. The molecule has 0 aliphatic carbocycles. The van der Waals surface area contributed by atoms with Gasteiger partial charge in [0.2, 0.25) is 11.8 Å². The highest BCUT2D eigenvalue weighted by molar-refractivity contribution is 9.10. The molecule has 1 aromatic carbocycles. The number of likely N-dealkylation sites (tertiary alicyclic amines) is 1. The van der Waals surface area contributed by atoms with E-state index in [9.17, 15) is 9.59 Å². The Morgan fingerprint density at radius 3 is 2.84 bits per heavy atom. The van der Waals surface area contributed by atoms with Crippen LogP contribution in [-0.2, 0) is 9.59 Å². The van der Waals surface area contributed by atoms with E-state index >= 15 is 0 Å². The van der Waals surface area contributed by atoms with E-state index in [0.29, 0.717) is 37.0 Å². The number of methoxy groups -OCH3 is 1. The largest absolute Gasteiger partial charge is 0.493 e. The number of pyridine rings is 1. The molecule has 0 spiro atoms. The molecule has 0 saturated carbocycles. The van der Waals surface area contributed by atoms with E-state index in [1.807, 2.05) is 31.2 Å². The Morgan fingerprint density at radius 1 is 1.29 bits per heavy atom. The van der Waals surface area contributed by atoms with Gasteiger partial charge in [-0.1, -0.05) is 6.07 Å². The summed E-state index contributed by atoms with van der Waals surface area (Å²) in [6.07, 6.45) is 6.44. The Labute approximate surface area is 190 Å². The van der Waals surface area contributed by atoms with E-state index in [0.717, 1.165) is 22.9 Å². The third kappa shape index (κ3) is 6.30. The zero-order chi connectivity index (χ0) is 22.2. The molecule has 1 N–H and O–H groups in total. The van der Waals surface area contributed by atoms with Crippen molar-refractivity contribution in [3.8, 4) is 11.5 Å². The lowest BCUT2D eigenvalue weighted by Crippen LogP contribution is -2.43. The quantitative estimate of drug-likeness (QED) is 0.593. The number of hydrogen-bond acceptors (Lipinski definition) is 5. The summed E-state index contributed by atoms with van der Waals surface area (Å²) in [5.74, 6) is 1.29. The lowest BCUT2D eigenvalue weighted by Gasteiger charge is -2.31. The highest BCUT2D eigenvalue weighted by Crippen LogP contribution is 2.28. The maximum Gasteiger partial charge on any atom is 0.246 e. The number of rotatable bonds is 7. The average molecular weight is 488 g/mol. The van der Waals surface area contributed by atoms with Crippen LogP contribution in [0.15, 0.2) is 47.1 Å². The van der Waals surface area contributed by atoms with Gasteiger partial charge in [-0.3, -0.25) is 9.59 Å². The van der Waals surface area contributed by atoms with Crippen molar-refractivity contribution in [1.82, 2.24) is 9.88 Å². The van der Waals surface area contributed by atoms with Crippen molar-refractivity contribution in [2.75, 3.05) is 32.1 Å². The Kier molecular flexibility index (Phi) is 8.06. The summed E-state index contributed by atoms with van der Waals surface area (Å²) in [6.45, 7) is 3.45. The highest BCUT2D eigenvalue weighted by Gasteiger charge is 2.27. The van der Waals surface area contributed by atoms with E-state index in [-0.39, 0.29) is 17.7 Å². The second-order valence-electron chi connectivity index (χ2n) is 7.15. The van der Waals surface area contributed by atoms with Gasteiger partial charge in [-0.2, -0.15) is 0 Å². The molecule has 8 heteroatoms. The van der Waals surface area contributed by atoms with Crippen LogP contribution in [-0.4, -0.2) is 48.5 Å². The molecule has 1 atom stereocenters. The fourth-order valence-corrected chi connectivity index (χ4v) is 3.64. The van der Waals surface area contributed by atoms with Crippen molar-refractivity contribution in [2.24, 2.45) is 5.92 Å². The van der Waals surface area contributed by atoms with Crippen molar-refractivity contribution < 1.29 is 19.1 Å². The van der Waals surface area contributed by atoms with Gasteiger partial charge in [0.15, 0.2) is 11.5 Å². The second kappa shape index (κ2) is 10.9. The molecule has 2 aromatic rings. The fourth-order valence-electron chi connectivity index (χ4n) is 3.41. The zero-order valence-corrected chi connectivity index (χ0v) is 19.2. The maximum atomic E-state index is 12.7. The summed E-state index contributed by atoms with van der Waals surface area (Å²) >= 11 is 3.32. The molecule has 2 amide bonds. The molecule has 2 heterocycles. The topological polar surface area (TPSA) is 80.8 Å². The van der Waals surface area contributed by atoms with E-state index in [2.05, 4.69) is 26.2 Å². The zero-order valence-electron chi connectivity index (χ0n) is 17.6. The number of nitrogens with zero attached hydrogens (tertiary/aromatic N) is 2. The molecular weight excluding hydrogens is 462 g/mol. The third-order valence-corrected chi connectivity index (χ3v) is 5.46. The number of aromatic nitrogens is 1. The van der Waals surface area contributed by atoms with Crippen LogP contribution in [0.3, 0.4) is 0 Å². The summed E-state index contributed by atoms with van der Waals surface area (Å²) in [5, 5.41) is 2.83. The van der Waals surface area contributed by atoms with Gasteiger partial charge in [0.25, 0.3) is 0 Å². The lowest BCUT2D eigenvalue weighted by atomic mass is 9.97. The maximum absolute atomic E-state index is 12.7. The predicted octanol–water partition coefficient (Wildman–Crippen LogP) is 4.14. The number of piperidine rings is 1. The van der Waals surface area contributed by atoms with Crippen LogP contribution in [0.4, 0.5) is 5.82 Å². The number of carbonyl (C=O) groups excluding carboxylic acids is 2. The fraction of sp³-hybridized carbons (Fsp3) is 0.348. The molecule has 1 saturated heterocycles. The summed E-state index contributed by atoms with van der Waals surface area (Å²) in [6, 6.07) is 9.07. The third-order valence-electron chi connectivity index (χ3n) is 4.99. The number of nitrogens with one attached hydrogen (secondary N) is 1. The average Bonchev–Trinajstić information content (AvgIpc) is 2.79. The summed E-state index contributed by atoms with van der Waals surface area (Å²) in [5.41, 5.74) is 0.838. The molecule has 1 aromatic heterocycles. The van der Waals surface area contributed by atoms with Gasteiger partial charge in [0.1, 0.15) is 5.82 Å². The second-order valence-corrected chi connectivity index (χ2v) is 8.07. The molecule has 0 radical (unpaired) electrons. The first-order valence-corrected chi connectivity index (χ1v) is 11.0. The van der Waals surface area contributed by atoms with Gasteiger partial charge in [-0.25, -0.2) is 4.98 Å². The van der Waals surface area contributed by atoms with Crippen molar-refractivity contribution in [3.63, 3.8) is 0 Å². The number of ether oxygens (including phenoxy) is 2. The molecule has 1 fully saturated rings. The Hall–Kier alpha value is -2.87. The standard InChI is InChI=1S/C23H26BrN3O4/c1-3-31-20-13-16(6-9-19(20)30-2)7-11-22(28)27-12-4-5-17(15-27)23(29)26-21-10-8-18(24)14-25-21/h6-11,13-14,17H,3-5,12,15H2,1-2H3,(H,25,26,29). The Bertz CT molecular complexity index is 946. The number of anilines is 1. The molecule has 7 nitrogen and oxygen atoms in total. The molecule has 1 aliphatic rings. The molecule has 0 bridgehead atoms. The van der Waals surface area contributed by atoms with Gasteiger partial charge in [0, 0.05) is 29.8 Å². The van der Waals surface area contributed by atoms with Crippen molar-refractivity contribution in [1.29, 1.82) is 0 Å². The van der Waals surface area contributed by atoms with Crippen molar-refractivity contribution >= 4 is 39.6 Å². The highest BCUT2D eigenvalue weighted by atomic mass is 79.9. The number of carbonyl (C=O) groups is 2. The lowest BCUT2D eigenvalue weighted by molar-refractivity contribution is -0.130. The van der Waals surface area contributed by atoms with Crippen molar-refractivity contribution in [3.05, 3.63) is 52.6 Å². The number of halogens is 1. The minimum Gasteiger partial charge on any atom is -0.493 e. The van der Waals surface area contributed by atoms with Crippen LogP contribution < -0.4 is 14.8 Å². The van der Waals surface area contributed by atoms with Crippen LogP contribution in [0.25, 0.3) is 6.08 Å². The Balaban J connectivity index is 1.60. The van der Waals surface area contributed by atoms with E-state index in [4.69, 9.17) is 9.47 Å². The SMILES string of the molecule is CCOc1cc(C=CC(=O)N2CCCC(C(=O)Nc3ccc(Br)cn3)C2)ccc1OC. The molecular formula is C23H26BrN3O4. The van der Waals surface area contributed by atoms with Gasteiger partial charge < -0.3 is 19.7 Å². The van der Waals surface area contributed by atoms with Crippen molar-refractivity contribution in [2.45, 2.75) is 19.8 Å². The van der Waals surface area contributed by atoms with E-state index in [1.165, 1.54) is 6.08 Å². The normalized spacial score (nSPS) is 16.2. The molecule has 164 valence electrons. The van der Waals surface area contributed by atoms with Crippen LogP contribution >= 0.6 is 15.9 Å². The first-order chi connectivity index (χ1) is 15.0. The Morgan fingerprint density at radius 2 is 2.13 bits per heavy atom. The summed E-state index contributed by atoms with van der Waals surface area (Å²) in [7, 11) is 1.59. The van der Waals surface area contributed by atoms with Gasteiger partial charge in [-0.15, -0.1) is 0 Å². The predicted molar refractivity (Wildman–Crippen MR) is 123 cm³/mol. The van der Waals surface area contributed by atoms with E-state index in [1.54, 1.807) is 30.3 Å². The van der Waals surface area contributed by atoms with Crippen LogP contribution in [0.5, 0.6) is 11.5 Å². The smallest absolute Gasteiger partial charge is 0.246 e. The van der Waals surface area contributed by atoms with Gasteiger partial charge in [-0.05, 0) is 71.6 Å². The van der Waals surface area contributed by atoms with Crippen LogP contribution in [0, 0.1) is 5.92 Å². The van der Waals surface area contributed by atoms with Crippen LogP contribution in [0.2, 0.25) is 0 Å². The first-order valence-electron chi connectivity index (χ1n) is 10.2. The van der Waals surface area contributed by atoms with Gasteiger partial charge >= 0.3 is 0 Å². The summed E-state index contributed by atoms with van der Waals surface area (Å²) in [4.78, 5) is 31.2. The number of amides is 2. The first kappa shape index (κ1) is 22.8. The number of benzene rings is 1. The summed E-state index contributed by atoms with van der Waals surface area (Å²) < 4.78 is 11.7. The monoisotopic (exact) mass is 487 g/mol. The molecule has 3 rings (SSSR count). The van der Waals surface area contributed by atoms with Gasteiger partial charge in [0.05, 0.1) is 19.6 Å². The molecule has 31 heavy (non-hydrogen) atoms. The minimum absolute atomic E-state index is 0.118. The molecule has 1 unspecified atom stereocenters. The van der Waals surface area contributed by atoms with E-state index < -0.39 is 0 Å². The number of hydrogen-bond donors (Lipinski definition) is 1. The van der Waals surface area contributed by atoms with Crippen LogP contribution in [0.1, 0.15) is 25.3 Å².